The van der Waals surface area contributed by atoms with Crippen molar-refractivity contribution in [2.75, 3.05) is 13.1 Å². The van der Waals surface area contributed by atoms with Crippen molar-refractivity contribution >= 4 is 27.5 Å². The van der Waals surface area contributed by atoms with E-state index in [1.54, 1.807) is 24.3 Å². The molecule has 0 radical (unpaired) electrons. The van der Waals surface area contributed by atoms with Gasteiger partial charge in [-0.1, -0.05) is 36.7 Å². The molecule has 2 aromatic rings. The molecule has 1 unspecified atom stereocenters. The zero-order chi connectivity index (χ0) is 20.3. The lowest BCUT2D eigenvalue weighted by atomic mass is 10.0. The summed E-state index contributed by atoms with van der Waals surface area (Å²) in [5.74, 6) is -0.280. The molecule has 3 rings (SSSR count). The second-order valence-electron chi connectivity index (χ2n) is 7.07. The normalized spacial score (nSPS) is 16.1. The number of aryl methyl sites for hydroxylation is 1. The molecule has 1 atom stereocenters. The molecule has 150 valence electrons. The van der Waals surface area contributed by atoms with Crippen molar-refractivity contribution in [1.29, 1.82) is 0 Å². The lowest BCUT2D eigenvalue weighted by Gasteiger charge is -2.20. The Balaban J connectivity index is 1.85. The number of halogens is 1. The van der Waals surface area contributed by atoms with Gasteiger partial charge in [0.25, 0.3) is 5.91 Å². The van der Waals surface area contributed by atoms with Gasteiger partial charge in [0.05, 0.1) is 10.9 Å². The molecule has 5 nitrogen and oxygen atoms in total. The first-order valence-electron chi connectivity index (χ1n) is 9.50. The minimum atomic E-state index is -3.56. The van der Waals surface area contributed by atoms with Gasteiger partial charge in [0.1, 0.15) is 0 Å². The smallest absolute Gasteiger partial charge is 0.252 e. The van der Waals surface area contributed by atoms with E-state index in [1.807, 2.05) is 26.0 Å². The van der Waals surface area contributed by atoms with Gasteiger partial charge in [0, 0.05) is 23.7 Å². The molecule has 0 aliphatic carbocycles. The highest BCUT2D eigenvalue weighted by atomic mass is 35.5. The van der Waals surface area contributed by atoms with E-state index < -0.39 is 10.0 Å². The summed E-state index contributed by atoms with van der Waals surface area (Å²) in [6, 6.07) is 11.9. The van der Waals surface area contributed by atoms with Gasteiger partial charge in [0.15, 0.2) is 0 Å². The van der Waals surface area contributed by atoms with E-state index in [4.69, 9.17) is 11.6 Å². The predicted molar refractivity (Wildman–Crippen MR) is 111 cm³/mol. The van der Waals surface area contributed by atoms with Crippen LogP contribution in [0.5, 0.6) is 0 Å². The zero-order valence-electron chi connectivity index (χ0n) is 16.1. The Bertz CT molecular complexity index is 952. The first-order chi connectivity index (χ1) is 13.3. The van der Waals surface area contributed by atoms with Gasteiger partial charge in [-0.05, 0) is 61.6 Å². The number of nitrogens with one attached hydrogen (secondary N) is 1. The van der Waals surface area contributed by atoms with Crippen molar-refractivity contribution in [1.82, 2.24) is 9.62 Å². The van der Waals surface area contributed by atoms with Crippen LogP contribution in [0.4, 0.5) is 0 Å². The first kappa shape index (κ1) is 20.8. The van der Waals surface area contributed by atoms with Crippen molar-refractivity contribution in [3.05, 3.63) is 64.2 Å². The molecule has 0 spiro atoms. The maximum atomic E-state index is 12.9. The van der Waals surface area contributed by atoms with Gasteiger partial charge < -0.3 is 5.32 Å². The van der Waals surface area contributed by atoms with Crippen LogP contribution in [-0.2, 0) is 10.0 Å². The number of benzene rings is 2. The molecule has 0 bridgehead atoms. The third kappa shape index (κ3) is 4.40. The summed E-state index contributed by atoms with van der Waals surface area (Å²) < 4.78 is 27.2. The van der Waals surface area contributed by atoms with Crippen LogP contribution in [0.25, 0.3) is 0 Å². The second kappa shape index (κ2) is 8.64. The van der Waals surface area contributed by atoms with Crippen LogP contribution in [-0.4, -0.2) is 31.7 Å². The zero-order valence-corrected chi connectivity index (χ0v) is 17.7. The fourth-order valence-corrected chi connectivity index (χ4v) is 5.11. The highest BCUT2D eigenvalue weighted by Gasteiger charge is 2.28. The monoisotopic (exact) mass is 420 g/mol. The molecular weight excluding hydrogens is 396 g/mol. The molecule has 1 amide bonds. The van der Waals surface area contributed by atoms with E-state index in [-0.39, 0.29) is 16.8 Å². The van der Waals surface area contributed by atoms with Crippen molar-refractivity contribution in [3.8, 4) is 0 Å². The fraction of sp³-hybridized carbons (Fsp3) is 0.381. The largest absolute Gasteiger partial charge is 0.345 e. The van der Waals surface area contributed by atoms with Crippen LogP contribution in [0.3, 0.4) is 0 Å². The van der Waals surface area contributed by atoms with Crippen molar-refractivity contribution in [2.24, 2.45) is 0 Å². The quantitative estimate of drug-likeness (QED) is 0.756. The lowest BCUT2D eigenvalue weighted by Crippen LogP contribution is -2.30. The van der Waals surface area contributed by atoms with Gasteiger partial charge in [0.2, 0.25) is 10.0 Å². The predicted octanol–water partition coefficient (Wildman–Crippen LogP) is 4.31. The molecule has 0 aromatic heterocycles. The Labute approximate surface area is 171 Å². The highest BCUT2D eigenvalue weighted by Crippen LogP contribution is 2.24. The molecule has 28 heavy (non-hydrogen) atoms. The maximum absolute atomic E-state index is 12.9. The summed E-state index contributed by atoms with van der Waals surface area (Å²) in [6.07, 6.45) is 2.45. The van der Waals surface area contributed by atoms with Crippen molar-refractivity contribution in [3.63, 3.8) is 0 Å². The minimum absolute atomic E-state index is 0.171. The molecule has 1 aliphatic heterocycles. The first-order valence-corrected chi connectivity index (χ1v) is 11.3. The molecule has 1 saturated heterocycles. The third-order valence-corrected chi connectivity index (χ3v) is 7.29. The summed E-state index contributed by atoms with van der Waals surface area (Å²) in [7, 11) is -3.56. The molecule has 1 N–H and O–H groups in total. The van der Waals surface area contributed by atoms with Crippen LogP contribution in [0.2, 0.25) is 5.02 Å². The number of amides is 1. The number of nitrogens with zero attached hydrogens (tertiary/aromatic N) is 1. The maximum Gasteiger partial charge on any atom is 0.252 e. The van der Waals surface area contributed by atoms with E-state index in [1.165, 1.54) is 10.4 Å². The van der Waals surface area contributed by atoms with Gasteiger partial charge in [-0.15, -0.1) is 0 Å². The van der Waals surface area contributed by atoms with Crippen LogP contribution < -0.4 is 5.32 Å². The van der Waals surface area contributed by atoms with Crippen LogP contribution >= 0.6 is 11.6 Å². The number of carbonyl (C=O) groups excluding carboxylic acids is 1. The van der Waals surface area contributed by atoms with E-state index in [2.05, 4.69) is 5.32 Å². The Hall–Kier alpha value is -1.89. The SMILES string of the molecule is CCC(NC(=O)c1cc(S(=O)(=O)N2CCCC2)ccc1C)c1ccc(Cl)cc1. The van der Waals surface area contributed by atoms with Crippen LogP contribution in [0, 0.1) is 6.92 Å². The Kier molecular flexibility index (Phi) is 6.43. The van der Waals surface area contributed by atoms with Crippen molar-refractivity contribution < 1.29 is 13.2 Å². The fourth-order valence-electron chi connectivity index (χ4n) is 3.44. The number of sulfonamides is 1. The van der Waals surface area contributed by atoms with Gasteiger partial charge >= 0.3 is 0 Å². The second-order valence-corrected chi connectivity index (χ2v) is 9.45. The van der Waals surface area contributed by atoms with E-state index in [9.17, 15) is 13.2 Å². The number of rotatable bonds is 6. The average Bonchev–Trinajstić information content (AvgIpc) is 3.22. The Morgan fingerprint density at radius 1 is 1.14 bits per heavy atom. The summed E-state index contributed by atoms with van der Waals surface area (Å²) in [6.45, 7) is 4.86. The lowest BCUT2D eigenvalue weighted by molar-refractivity contribution is 0.0934. The molecule has 1 aliphatic rings. The summed E-state index contributed by atoms with van der Waals surface area (Å²) >= 11 is 5.95. The van der Waals surface area contributed by atoms with E-state index >= 15 is 0 Å². The summed E-state index contributed by atoms with van der Waals surface area (Å²) in [5, 5.41) is 3.66. The summed E-state index contributed by atoms with van der Waals surface area (Å²) in [4.78, 5) is 13.1. The number of carbonyl (C=O) groups is 1. The molecule has 7 heteroatoms. The van der Waals surface area contributed by atoms with E-state index in [0.717, 1.165) is 24.0 Å². The topological polar surface area (TPSA) is 66.5 Å². The third-order valence-electron chi connectivity index (χ3n) is 5.14. The highest BCUT2D eigenvalue weighted by molar-refractivity contribution is 7.89. The molecule has 2 aromatic carbocycles. The van der Waals surface area contributed by atoms with Crippen LogP contribution in [0.15, 0.2) is 47.4 Å². The Morgan fingerprint density at radius 3 is 2.39 bits per heavy atom. The minimum Gasteiger partial charge on any atom is -0.345 e. The van der Waals surface area contributed by atoms with Gasteiger partial charge in [-0.25, -0.2) is 8.42 Å². The van der Waals surface area contributed by atoms with Gasteiger partial charge in [-0.2, -0.15) is 4.31 Å². The number of hydrogen-bond acceptors (Lipinski definition) is 3. The average molecular weight is 421 g/mol. The molecule has 0 saturated carbocycles. The van der Waals surface area contributed by atoms with Crippen LogP contribution in [0.1, 0.15) is 53.7 Å². The molecule has 1 heterocycles. The molecular formula is C21H25ClN2O3S. The molecule has 1 fully saturated rings. The standard InChI is InChI=1S/C21H25ClN2O3S/c1-3-20(16-7-9-17(22)10-8-16)23-21(25)19-14-18(11-6-15(19)2)28(26,27)24-12-4-5-13-24/h6-11,14,20H,3-5,12-13H2,1-2H3,(H,23,25). The van der Waals surface area contributed by atoms with E-state index in [0.29, 0.717) is 30.1 Å². The summed E-state index contributed by atoms with van der Waals surface area (Å²) in [5.41, 5.74) is 2.08. The number of hydrogen-bond donors (Lipinski definition) is 1. The Morgan fingerprint density at radius 2 is 1.79 bits per heavy atom. The van der Waals surface area contributed by atoms with Gasteiger partial charge in [-0.3, -0.25) is 4.79 Å². The van der Waals surface area contributed by atoms with Crippen molar-refractivity contribution in [2.45, 2.75) is 44.0 Å².